The number of halogens is 1. The van der Waals surface area contributed by atoms with Crippen LogP contribution in [0, 0.1) is 6.07 Å². The van der Waals surface area contributed by atoms with Gasteiger partial charge in [-0.2, -0.15) is 10.9 Å². The van der Waals surface area contributed by atoms with Crippen LogP contribution in [-0.4, -0.2) is 8.42 Å². The fraction of sp³-hybridized carbons (Fsp3) is 0. The Hall–Kier alpha value is -0.710. The molecule has 15 heavy (non-hydrogen) atoms. The molecule has 79 valence electrons. The monoisotopic (exact) mass is 259 g/mol. The van der Waals surface area contributed by atoms with Crippen LogP contribution in [0.25, 0.3) is 0 Å². The fourth-order valence-electron chi connectivity index (χ4n) is 1.23. The Labute approximate surface area is 96.0 Å². The minimum Gasteiger partial charge on any atom is -0.207 e. The lowest BCUT2D eigenvalue weighted by Gasteiger charge is -2.10. The summed E-state index contributed by atoms with van der Waals surface area (Å²) in [6.07, 6.45) is 3.89. The zero-order chi connectivity index (χ0) is 10.9. The normalized spacial score (nSPS) is 17.3. The van der Waals surface area contributed by atoms with E-state index in [1.165, 1.54) is 6.07 Å². The Morgan fingerprint density at radius 2 is 1.93 bits per heavy atom. The third kappa shape index (κ3) is 2.45. The quantitative estimate of drug-likeness (QED) is 0.655. The minimum atomic E-state index is -3.64. The van der Waals surface area contributed by atoms with Crippen LogP contribution in [-0.2, 0) is 9.05 Å². The number of rotatable bonds is 2. The van der Waals surface area contributed by atoms with Crippen LogP contribution in [0.5, 0.6) is 0 Å². The van der Waals surface area contributed by atoms with Crippen molar-refractivity contribution in [3.63, 3.8) is 0 Å². The van der Waals surface area contributed by atoms with Gasteiger partial charge in [0.1, 0.15) is 0 Å². The van der Waals surface area contributed by atoms with Crippen LogP contribution < -0.4 is 0 Å². The maximum absolute atomic E-state index is 11.1. The van der Waals surface area contributed by atoms with E-state index in [1.807, 2.05) is 23.0 Å². The van der Waals surface area contributed by atoms with Crippen molar-refractivity contribution in [1.29, 1.82) is 0 Å². The molecule has 1 aliphatic heterocycles. The first-order chi connectivity index (χ1) is 7.07. The molecule has 0 aliphatic carbocycles. The second kappa shape index (κ2) is 4.04. The van der Waals surface area contributed by atoms with Gasteiger partial charge in [-0.15, -0.1) is 0 Å². The summed E-state index contributed by atoms with van der Waals surface area (Å²) in [6.45, 7) is 0. The molecule has 2 rings (SSSR count). The average molecular weight is 260 g/mol. The highest BCUT2D eigenvalue weighted by atomic mass is 35.7. The number of hydrogen-bond acceptors (Lipinski definition) is 2. The molecule has 1 radical (unpaired) electrons. The molecule has 0 unspecified atom stereocenters. The van der Waals surface area contributed by atoms with E-state index in [0.29, 0.717) is 0 Å². The molecule has 1 aromatic rings. The lowest BCUT2D eigenvalue weighted by atomic mass is 10.4. The van der Waals surface area contributed by atoms with E-state index in [4.69, 9.17) is 10.7 Å². The van der Waals surface area contributed by atoms with Crippen molar-refractivity contribution in [2.24, 2.45) is 0 Å². The van der Waals surface area contributed by atoms with Crippen molar-refractivity contribution >= 4 is 30.6 Å². The van der Waals surface area contributed by atoms with Crippen LogP contribution in [0.4, 0.5) is 0 Å². The molecule has 0 atom stereocenters. The van der Waals surface area contributed by atoms with Gasteiger partial charge in [0.05, 0.1) is 4.90 Å². The van der Waals surface area contributed by atoms with Gasteiger partial charge >= 0.3 is 0 Å². The van der Waals surface area contributed by atoms with Gasteiger partial charge in [-0.1, -0.05) is 18.2 Å². The molecular weight excluding hydrogens is 252 g/mol. The largest absolute Gasteiger partial charge is 0.261 e. The Balaban J connectivity index is 2.43. The third-order valence-corrected chi connectivity index (χ3v) is 5.07. The Morgan fingerprint density at radius 1 is 1.27 bits per heavy atom. The number of thiol groups is 1. The topological polar surface area (TPSA) is 34.1 Å². The molecule has 0 bridgehead atoms. The van der Waals surface area contributed by atoms with Crippen molar-refractivity contribution in [1.82, 2.24) is 0 Å². The summed E-state index contributed by atoms with van der Waals surface area (Å²) in [6, 6.07) is 7.64. The minimum absolute atomic E-state index is 0.133. The highest BCUT2D eigenvalue weighted by Crippen LogP contribution is 2.42. The standard InChI is InChI=1S/C10H8ClO2S2/c11-15(12,13)10-5-3-4-9(8-10)14-6-1-2-7-14/h1-3,5-8,14H. The summed E-state index contributed by atoms with van der Waals surface area (Å²) in [5, 5.41) is 4.07. The van der Waals surface area contributed by atoms with Crippen molar-refractivity contribution in [3.05, 3.63) is 47.2 Å². The molecule has 0 saturated heterocycles. The highest BCUT2D eigenvalue weighted by molar-refractivity contribution is 8.22. The van der Waals surface area contributed by atoms with Crippen LogP contribution in [0.3, 0.4) is 0 Å². The predicted octanol–water partition coefficient (Wildman–Crippen LogP) is 2.82. The molecule has 1 aliphatic rings. The molecular formula is C10H8ClO2S2. The van der Waals surface area contributed by atoms with Gasteiger partial charge in [-0.3, -0.25) is 0 Å². The first kappa shape index (κ1) is 10.8. The Kier molecular flexibility index (Phi) is 2.91. The summed E-state index contributed by atoms with van der Waals surface area (Å²) >= 11 is 0. The molecule has 0 aromatic heterocycles. The van der Waals surface area contributed by atoms with Gasteiger partial charge < -0.3 is 0 Å². The van der Waals surface area contributed by atoms with Gasteiger partial charge in [-0.05, 0) is 29.0 Å². The first-order valence-corrected chi connectivity index (χ1v) is 7.96. The van der Waals surface area contributed by atoms with Crippen LogP contribution in [0.1, 0.15) is 0 Å². The van der Waals surface area contributed by atoms with Crippen LogP contribution in [0.15, 0.2) is 51.0 Å². The van der Waals surface area contributed by atoms with Gasteiger partial charge in [0.2, 0.25) is 0 Å². The summed E-state index contributed by atoms with van der Waals surface area (Å²) < 4.78 is 22.2. The lowest BCUT2D eigenvalue weighted by molar-refractivity contribution is 0.609. The SMILES string of the molecule is O=S(=O)(Cl)c1cc[c]c([SH]2C=CC=C2)c1. The maximum Gasteiger partial charge on any atom is 0.261 e. The second-order valence-corrected chi connectivity index (χ2v) is 7.40. The first-order valence-electron chi connectivity index (χ1n) is 4.17. The molecule has 2 nitrogen and oxygen atoms in total. The fourth-order valence-corrected chi connectivity index (χ4v) is 3.60. The number of benzene rings is 1. The summed E-state index contributed by atoms with van der Waals surface area (Å²) in [5.41, 5.74) is 0. The predicted molar refractivity (Wildman–Crippen MR) is 63.8 cm³/mol. The highest BCUT2D eigenvalue weighted by Gasteiger charge is 2.12. The van der Waals surface area contributed by atoms with Crippen molar-refractivity contribution in [2.45, 2.75) is 9.79 Å². The summed E-state index contributed by atoms with van der Waals surface area (Å²) in [4.78, 5) is 1.01. The van der Waals surface area contributed by atoms with E-state index in [-0.39, 0.29) is 4.90 Å². The van der Waals surface area contributed by atoms with Gasteiger partial charge in [0.15, 0.2) is 0 Å². The number of allylic oxidation sites excluding steroid dienone is 2. The van der Waals surface area contributed by atoms with Gasteiger partial charge in [-0.25, -0.2) is 8.42 Å². The van der Waals surface area contributed by atoms with Crippen molar-refractivity contribution in [3.8, 4) is 0 Å². The molecule has 0 spiro atoms. The molecule has 1 aromatic carbocycles. The molecule has 0 saturated carbocycles. The summed E-state index contributed by atoms with van der Waals surface area (Å²) in [5.74, 6) is 0. The molecule has 5 heteroatoms. The third-order valence-electron chi connectivity index (χ3n) is 1.92. The van der Waals surface area contributed by atoms with E-state index < -0.39 is 19.9 Å². The van der Waals surface area contributed by atoms with E-state index in [9.17, 15) is 8.42 Å². The Bertz CT molecular complexity index is 520. The maximum atomic E-state index is 11.1. The molecule has 0 N–H and O–H groups in total. The molecule has 1 heterocycles. The van der Waals surface area contributed by atoms with Gasteiger partial charge in [0.25, 0.3) is 9.05 Å². The van der Waals surface area contributed by atoms with E-state index >= 15 is 0 Å². The Morgan fingerprint density at radius 3 is 2.53 bits per heavy atom. The zero-order valence-corrected chi connectivity index (χ0v) is 10.1. The van der Waals surface area contributed by atoms with Crippen molar-refractivity contribution < 1.29 is 8.42 Å². The molecule has 0 fully saturated rings. The smallest absolute Gasteiger partial charge is 0.207 e. The van der Waals surface area contributed by atoms with Crippen LogP contribution in [0.2, 0.25) is 0 Å². The lowest BCUT2D eigenvalue weighted by Crippen LogP contribution is -1.90. The van der Waals surface area contributed by atoms with Crippen molar-refractivity contribution in [2.75, 3.05) is 0 Å². The van der Waals surface area contributed by atoms with E-state index in [1.54, 1.807) is 12.1 Å². The van der Waals surface area contributed by atoms with Gasteiger partial charge in [0, 0.05) is 15.6 Å². The average Bonchev–Trinajstić information content (AvgIpc) is 2.69. The van der Waals surface area contributed by atoms with Crippen LogP contribution >= 0.6 is 21.6 Å². The zero-order valence-electron chi connectivity index (χ0n) is 7.59. The number of hydrogen-bond donors (Lipinski definition) is 1. The second-order valence-electron chi connectivity index (χ2n) is 2.94. The van der Waals surface area contributed by atoms with E-state index in [2.05, 4.69) is 6.07 Å². The molecule has 0 amide bonds. The summed E-state index contributed by atoms with van der Waals surface area (Å²) in [7, 11) is 1.08. The van der Waals surface area contributed by atoms with E-state index in [0.717, 1.165) is 4.90 Å².